The van der Waals surface area contributed by atoms with E-state index in [1.54, 1.807) is 0 Å². The molecule has 2 rings (SSSR count). The molecule has 1 fully saturated rings. The Morgan fingerprint density at radius 2 is 1.82 bits per heavy atom. The molecular formula is C10H13Cl3N4. The first-order valence-corrected chi connectivity index (χ1v) is 6.59. The van der Waals surface area contributed by atoms with Gasteiger partial charge in [0, 0.05) is 12.0 Å². The van der Waals surface area contributed by atoms with Crippen LogP contribution in [0.1, 0.15) is 44.3 Å². The van der Waals surface area contributed by atoms with Crippen LogP contribution < -0.4 is 5.32 Å². The summed E-state index contributed by atoms with van der Waals surface area (Å²) < 4.78 is -1.61. The van der Waals surface area contributed by atoms with Gasteiger partial charge >= 0.3 is 0 Å². The third kappa shape index (κ3) is 3.57. The summed E-state index contributed by atoms with van der Waals surface area (Å²) in [6.07, 6.45) is 2.18. The monoisotopic (exact) mass is 294 g/mol. The lowest BCUT2D eigenvalue weighted by molar-refractivity contribution is 0.800. The number of hydrogen-bond donors (Lipinski definition) is 1. The van der Waals surface area contributed by atoms with E-state index in [-0.39, 0.29) is 11.9 Å². The number of alkyl halides is 3. The fraction of sp³-hybridized carbons (Fsp3) is 0.700. The van der Waals surface area contributed by atoms with Crippen molar-refractivity contribution in [2.45, 2.75) is 42.4 Å². The third-order valence-corrected chi connectivity index (χ3v) is 2.77. The number of anilines is 1. The topological polar surface area (TPSA) is 50.7 Å². The van der Waals surface area contributed by atoms with Crippen LogP contribution in [0.3, 0.4) is 0 Å². The molecule has 0 spiro atoms. The molecule has 1 saturated carbocycles. The molecule has 0 radical (unpaired) electrons. The summed E-state index contributed by atoms with van der Waals surface area (Å²) in [5.41, 5.74) is 0. The maximum Gasteiger partial charge on any atom is 0.250 e. The predicted molar refractivity (Wildman–Crippen MR) is 69.8 cm³/mol. The quantitative estimate of drug-likeness (QED) is 0.868. The van der Waals surface area contributed by atoms with Gasteiger partial charge in [-0.05, 0) is 26.7 Å². The van der Waals surface area contributed by atoms with Crippen LogP contribution in [0.25, 0.3) is 0 Å². The number of nitrogens with zero attached hydrogens (tertiary/aromatic N) is 3. The van der Waals surface area contributed by atoms with Crippen molar-refractivity contribution in [3.8, 4) is 0 Å². The summed E-state index contributed by atoms with van der Waals surface area (Å²) in [4.78, 5) is 12.7. The zero-order valence-electron chi connectivity index (χ0n) is 9.54. The van der Waals surface area contributed by atoms with Gasteiger partial charge in [-0.1, -0.05) is 34.8 Å². The zero-order valence-corrected chi connectivity index (χ0v) is 11.8. The average molecular weight is 296 g/mol. The van der Waals surface area contributed by atoms with E-state index >= 15 is 0 Å². The van der Waals surface area contributed by atoms with Gasteiger partial charge in [-0.2, -0.15) is 9.97 Å². The standard InChI is InChI=1S/C10H13Cl3N4/c1-5(2)14-9-16-7(6-3-4-6)15-8(17-9)10(11,12)13/h5-6H,3-4H2,1-2H3,(H,14,15,16,17). The number of rotatable bonds is 3. The summed E-state index contributed by atoms with van der Waals surface area (Å²) in [6, 6.07) is 0.215. The van der Waals surface area contributed by atoms with E-state index in [9.17, 15) is 0 Å². The Labute approximate surface area is 115 Å². The molecule has 0 amide bonds. The Balaban J connectivity index is 2.35. The highest BCUT2D eigenvalue weighted by atomic mass is 35.6. The van der Waals surface area contributed by atoms with E-state index in [2.05, 4.69) is 20.3 Å². The van der Waals surface area contributed by atoms with Gasteiger partial charge in [0.2, 0.25) is 9.74 Å². The lowest BCUT2D eigenvalue weighted by Gasteiger charge is -2.14. The SMILES string of the molecule is CC(C)Nc1nc(C2CC2)nc(C(Cl)(Cl)Cl)n1. The zero-order chi connectivity index (χ0) is 12.6. The molecule has 17 heavy (non-hydrogen) atoms. The van der Waals surface area contributed by atoms with Crippen LogP contribution >= 0.6 is 34.8 Å². The molecule has 94 valence electrons. The minimum atomic E-state index is -1.61. The van der Waals surface area contributed by atoms with Gasteiger partial charge in [0.15, 0.2) is 5.82 Å². The van der Waals surface area contributed by atoms with Crippen LogP contribution in [-0.4, -0.2) is 21.0 Å². The van der Waals surface area contributed by atoms with Gasteiger partial charge in [0.1, 0.15) is 5.82 Å². The largest absolute Gasteiger partial charge is 0.352 e. The van der Waals surface area contributed by atoms with Crippen molar-refractivity contribution in [2.75, 3.05) is 5.32 Å². The Kier molecular flexibility index (Phi) is 3.66. The fourth-order valence-corrected chi connectivity index (χ4v) is 1.62. The highest BCUT2D eigenvalue weighted by Crippen LogP contribution is 2.41. The lowest BCUT2D eigenvalue weighted by Crippen LogP contribution is -2.18. The van der Waals surface area contributed by atoms with E-state index in [4.69, 9.17) is 34.8 Å². The molecule has 1 heterocycles. The Bertz CT molecular complexity index is 413. The molecule has 0 saturated heterocycles. The predicted octanol–water partition coefficient (Wildman–Crippen LogP) is 3.40. The van der Waals surface area contributed by atoms with Gasteiger partial charge < -0.3 is 5.32 Å². The van der Waals surface area contributed by atoms with E-state index in [0.29, 0.717) is 17.7 Å². The molecule has 7 heteroatoms. The van der Waals surface area contributed by atoms with Crippen molar-refractivity contribution < 1.29 is 0 Å². The van der Waals surface area contributed by atoms with Crippen molar-refractivity contribution in [3.05, 3.63) is 11.6 Å². The molecule has 1 N–H and O–H groups in total. The summed E-state index contributed by atoms with van der Waals surface area (Å²) in [5, 5.41) is 3.10. The Morgan fingerprint density at radius 1 is 1.18 bits per heavy atom. The first kappa shape index (κ1) is 13.1. The average Bonchev–Trinajstić information content (AvgIpc) is 2.97. The van der Waals surface area contributed by atoms with Crippen LogP contribution in [0.5, 0.6) is 0 Å². The summed E-state index contributed by atoms with van der Waals surface area (Å²) in [5.74, 6) is 1.75. The van der Waals surface area contributed by atoms with Crippen LogP contribution in [0, 0.1) is 0 Å². The van der Waals surface area contributed by atoms with Gasteiger partial charge in [-0.15, -0.1) is 0 Å². The Hall–Kier alpha value is -0.320. The number of aromatic nitrogens is 3. The molecule has 0 bridgehead atoms. The number of hydrogen-bond acceptors (Lipinski definition) is 4. The number of nitrogens with one attached hydrogen (secondary N) is 1. The normalized spacial score (nSPS) is 16.4. The molecule has 1 aromatic rings. The summed E-state index contributed by atoms with van der Waals surface area (Å²) in [7, 11) is 0. The summed E-state index contributed by atoms with van der Waals surface area (Å²) >= 11 is 17.4. The molecule has 0 aliphatic heterocycles. The third-order valence-electron chi connectivity index (χ3n) is 2.27. The van der Waals surface area contributed by atoms with Crippen molar-refractivity contribution in [2.24, 2.45) is 0 Å². The van der Waals surface area contributed by atoms with E-state index in [0.717, 1.165) is 12.8 Å². The molecule has 0 aromatic carbocycles. The first-order valence-electron chi connectivity index (χ1n) is 5.46. The maximum absolute atomic E-state index is 5.81. The van der Waals surface area contributed by atoms with Gasteiger partial charge in [0.25, 0.3) is 0 Å². The smallest absolute Gasteiger partial charge is 0.250 e. The molecule has 1 aliphatic carbocycles. The Morgan fingerprint density at radius 3 is 2.29 bits per heavy atom. The molecule has 0 atom stereocenters. The van der Waals surface area contributed by atoms with Gasteiger partial charge in [0.05, 0.1) is 0 Å². The number of halogens is 3. The lowest BCUT2D eigenvalue weighted by atomic mass is 10.4. The molecular weight excluding hydrogens is 282 g/mol. The highest BCUT2D eigenvalue weighted by molar-refractivity contribution is 6.66. The second kappa shape index (κ2) is 4.75. The van der Waals surface area contributed by atoms with Crippen LogP contribution in [-0.2, 0) is 3.79 Å². The van der Waals surface area contributed by atoms with E-state index in [1.807, 2.05) is 13.8 Å². The van der Waals surface area contributed by atoms with Gasteiger partial charge in [-0.25, -0.2) is 4.98 Å². The van der Waals surface area contributed by atoms with Crippen LogP contribution in [0.15, 0.2) is 0 Å². The van der Waals surface area contributed by atoms with Crippen molar-refractivity contribution in [3.63, 3.8) is 0 Å². The van der Waals surface area contributed by atoms with Crippen LogP contribution in [0.2, 0.25) is 0 Å². The molecule has 1 aromatic heterocycles. The second-order valence-corrected chi connectivity index (χ2v) is 6.69. The molecule has 0 unspecified atom stereocenters. The van der Waals surface area contributed by atoms with E-state index < -0.39 is 3.79 Å². The summed E-state index contributed by atoms with van der Waals surface area (Å²) in [6.45, 7) is 3.99. The fourth-order valence-electron chi connectivity index (χ4n) is 1.37. The first-order chi connectivity index (χ1) is 7.86. The highest BCUT2D eigenvalue weighted by Gasteiger charge is 2.32. The minimum absolute atomic E-state index is 0.183. The van der Waals surface area contributed by atoms with Crippen LogP contribution in [0.4, 0.5) is 5.95 Å². The minimum Gasteiger partial charge on any atom is -0.352 e. The van der Waals surface area contributed by atoms with Crippen molar-refractivity contribution in [1.29, 1.82) is 0 Å². The van der Waals surface area contributed by atoms with Gasteiger partial charge in [-0.3, -0.25) is 0 Å². The molecule has 1 aliphatic rings. The second-order valence-electron chi connectivity index (χ2n) is 4.41. The van der Waals surface area contributed by atoms with E-state index in [1.165, 1.54) is 0 Å². The van der Waals surface area contributed by atoms with Crippen molar-refractivity contribution >= 4 is 40.8 Å². The molecule has 4 nitrogen and oxygen atoms in total. The maximum atomic E-state index is 5.81. The van der Waals surface area contributed by atoms with Crippen molar-refractivity contribution in [1.82, 2.24) is 15.0 Å².